The molecule has 0 amide bonds. The highest BCUT2D eigenvalue weighted by atomic mass is 16.5. The number of esters is 1. The molecular weight excluding hydrogens is 120 g/mol. The largest absolute Gasteiger partial charge is 0.453 e. The SMILES string of the molecule is CC[CH]OC(=O)C(C)=O. The number of hydrogen-bond acceptors (Lipinski definition) is 3. The van der Waals surface area contributed by atoms with Gasteiger partial charge in [-0.2, -0.15) is 0 Å². The Morgan fingerprint density at radius 1 is 1.56 bits per heavy atom. The smallest absolute Gasteiger partial charge is 0.374 e. The summed E-state index contributed by atoms with van der Waals surface area (Å²) in [7, 11) is 0. The molecule has 3 heteroatoms. The van der Waals surface area contributed by atoms with E-state index in [1.54, 1.807) is 0 Å². The Balaban J connectivity index is 3.39. The molecular formula is C6H9O3. The van der Waals surface area contributed by atoms with Gasteiger partial charge in [0.05, 0.1) is 0 Å². The first-order valence-electron chi connectivity index (χ1n) is 2.71. The summed E-state index contributed by atoms with van der Waals surface area (Å²) >= 11 is 0. The molecule has 0 atom stereocenters. The molecule has 0 unspecified atom stereocenters. The Morgan fingerprint density at radius 2 is 2.11 bits per heavy atom. The normalized spacial score (nSPS) is 8.67. The van der Waals surface area contributed by atoms with E-state index in [9.17, 15) is 9.59 Å². The van der Waals surface area contributed by atoms with E-state index in [2.05, 4.69) is 4.74 Å². The minimum absolute atomic E-state index is 0.570. The summed E-state index contributed by atoms with van der Waals surface area (Å²) in [5, 5.41) is 0. The van der Waals surface area contributed by atoms with Crippen LogP contribution < -0.4 is 0 Å². The van der Waals surface area contributed by atoms with Gasteiger partial charge in [0.15, 0.2) is 0 Å². The molecule has 0 aliphatic carbocycles. The van der Waals surface area contributed by atoms with Crippen LogP contribution in [-0.4, -0.2) is 11.8 Å². The molecule has 9 heavy (non-hydrogen) atoms. The van der Waals surface area contributed by atoms with Gasteiger partial charge >= 0.3 is 5.97 Å². The summed E-state index contributed by atoms with van der Waals surface area (Å²) < 4.78 is 4.34. The van der Waals surface area contributed by atoms with Crippen molar-refractivity contribution in [2.75, 3.05) is 0 Å². The van der Waals surface area contributed by atoms with Crippen LogP contribution in [0.5, 0.6) is 0 Å². The standard InChI is InChI=1S/C6H9O3/c1-3-4-9-6(8)5(2)7/h4H,3H2,1-2H3. The van der Waals surface area contributed by atoms with E-state index in [4.69, 9.17) is 0 Å². The molecule has 0 heterocycles. The van der Waals surface area contributed by atoms with Crippen molar-refractivity contribution in [3.8, 4) is 0 Å². The van der Waals surface area contributed by atoms with Gasteiger partial charge < -0.3 is 4.74 Å². The fourth-order valence-corrected chi connectivity index (χ4v) is 0.242. The number of carbonyl (C=O) groups excluding carboxylic acids is 2. The summed E-state index contributed by atoms with van der Waals surface area (Å²) in [6.45, 7) is 4.28. The lowest BCUT2D eigenvalue weighted by Crippen LogP contribution is -2.11. The van der Waals surface area contributed by atoms with Crippen LogP contribution in [0.15, 0.2) is 0 Å². The second-order valence-corrected chi connectivity index (χ2v) is 1.54. The maximum atomic E-state index is 10.3. The van der Waals surface area contributed by atoms with E-state index in [-0.39, 0.29) is 0 Å². The van der Waals surface area contributed by atoms with E-state index < -0.39 is 11.8 Å². The van der Waals surface area contributed by atoms with Gasteiger partial charge in [-0.3, -0.25) is 4.79 Å². The van der Waals surface area contributed by atoms with Crippen molar-refractivity contribution in [2.24, 2.45) is 0 Å². The average Bonchev–Trinajstić information content (AvgIpc) is 1.82. The first kappa shape index (κ1) is 8.14. The summed E-state index contributed by atoms with van der Waals surface area (Å²) in [6.07, 6.45) is 0.624. The topological polar surface area (TPSA) is 43.4 Å². The van der Waals surface area contributed by atoms with E-state index in [1.165, 1.54) is 13.5 Å². The Kier molecular flexibility index (Phi) is 3.67. The molecule has 0 aromatic heterocycles. The highest BCUT2D eigenvalue weighted by Crippen LogP contribution is 1.88. The van der Waals surface area contributed by atoms with Gasteiger partial charge in [-0.25, -0.2) is 4.79 Å². The van der Waals surface area contributed by atoms with Gasteiger partial charge in [-0.15, -0.1) is 0 Å². The molecule has 3 nitrogen and oxygen atoms in total. The Morgan fingerprint density at radius 3 is 2.44 bits per heavy atom. The molecule has 0 aromatic rings. The summed E-state index contributed by atoms with van der Waals surface area (Å²) in [5.41, 5.74) is 0. The van der Waals surface area contributed by atoms with Crippen LogP contribution >= 0.6 is 0 Å². The van der Waals surface area contributed by atoms with Crippen LogP contribution in [0.1, 0.15) is 20.3 Å². The lowest BCUT2D eigenvalue weighted by Gasteiger charge is -1.95. The highest BCUT2D eigenvalue weighted by molar-refractivity contribution is 6.32. The Bertz CT molecular complexity index is 117. The zero-order valence-electron chi connectivity index (χ0n) is 5.51. The zero-order chi connectivity index (χ0) is 7.28. The minimum atomic E-state index is -0.795. The molecule has 1 radical (unpaired) electrons. The molecule has 0 saturated carbocycles. The van der Waals surface area contributed by atoms with Crippen molar-refractivity contribution in [1.29, 1.82) is 0 Å². The van der Waals surface area contributed by atoms with Gasteiger partial charge in [0.2, 0.25) is 5.78 Å². The number of ether oxygens (including phenoxy) is 1. The van der Waals surface area contributed by atoms with Gasteiger partial charge in [0.25, 0.3) is 0 Å². The van der Waals surface area contributed by atoms with Gasteiger partial charge in [0, 0.05) is 6.92 Å². The van der Waals surface area contributed by atoms with Crippen molar-refractivity contribution in [2.45, 2.75) is 20.3 Å². The molecule has 0 spiro atoms. The van der Waals surface area contributed by atoms with Crippen LogP contribution in [0.25, 0.3) is 0 Å². The third-order valence-electron chi connectivity index (χ3n) is 0.644. The van der Waals surface area contributed by atoms with E-state index in [0.717, 1.165) is 0 Å². The molecule has 0 saturated heterocycles. The molecule has 0 fully saturated rings. The predicted molar refractivity (Wildman–Crippen MR) is 31.4 cm³/mol. The van der Waals surface area contributed by atoms with Crippen LogP contribution in [-0.2, 0) is 14.3 Å². The second-order valence-electron chi connectivity index (χ2n) is 1.54. The lowest BCUT2D eigenvalue weighted by atomic mass is 10.4. The second kappa shape index (κ2) is 4.06. The van der Waals surface area contributed by atoms with Gasteiger partial charge in [-0.05, 0) is 6.42 Å². The van der Waals surface area contributed by atoms with Crippen LogP contribution in [0.2, 0.25) is 0 Å². The molecule has 0 N–H and O–H groups in total. The van der Waals surface area contributed by atoms with E-state index >= 15 is 0 Å². The number of Topliss-reactive ketones (excluding diaryl/α,β-unsaturated/α-hetero) is 1. The zero-order valence-corrected chi connectivity index (χ0v) is 5.51. The van der Waals surface area contributed by atoms with Crippen molar-refractivity contribution < 1.29 is 14.3 Å². The quantitative estimate of drug-likeness (QED) is 0.416. The van der Waals surface area contributed by atoms with Gasteiger partial charge in [0.1, 0.15) is 6.61 Å². The molecule has 51 valence electrons. The lowest BCUT2D eigenvalue weighted by molar-refractivity contribution is -0.150. The van der Waals surface area contributed by atoms with Crippen LogP contribution in [0, 0.1) is 6.61 Å². The predicted octanol–water partition coefficient (Wildman–Crippen LogP) is 0.690. The average molecular weight is 129 g/mol. The third kappa shape index (κ3) is 3.70. The highest BCUT2D eigenvalue weighted by Gasteiger charge is 2.06. The number of rotatable bonds is 3. The molecule has 0 aromatic carbocycles. The van der Waals surface area contributed by atoms with Crippen LogP contribution in [0.3, 0.4) is 0 Å². The van der Waals surface area contributed by atoms with Crippen molar-refractivity contribution in [3.63, 3.8) is 0 Å². The fourth-order valence-electron chi connectivity index (χ4n) is 0.242. The summed E-state index contributed by atoms with van der Waals surface area (Å²) in [5.74, 6) is -1.36. The molecule has 0 bridgehead atoms. The molecule has 0 aliphatic rings. The first-order valence-corrected chi connectivity index (χ1v) is 2.71. The maximum Gasteiger partial charge on any atom is 0.374 e. The number of ketones is 1. The number of carbonyl (C=O) groups is 2. The van der Waals surface area contributed by atoms with Crippen molar-refractivity contribution >= 4 is 11.8 Å². The van der Waals surface area contributed by atoms with E-state index in [1.807, 2.05) is 6.92 Å². The van der Waals surface area contributed by atoms with Crippen molar-refractivity contribution in [3.05, 3.63) is 6.61 Å². The van der Waals surface area contributed by atoms with Crippen LogP contribution in [0.4, 0.5) is 0 Å². The monoisotopic (exact) mass is 129 g/mol. The third-order valence-corrected chi connectivity index (χ3v) is 0.644. The minimum Gasteiger partial charge on any atom is -0.453 e. The summed E-state index contributed by atoms with van der Waals surface area (Å²) in [6, 6.07) is 0. The van der Waals surface area contributed by atoms with E-state index in [0.29, 0.717) is 6.42 Å². The fraction of sp³-hybridized carbons (Fsp3) is 0.500. The number of hydrogen-bond donors (Lipinski definition) is 0. The van der Waals surface area contributed by atoms with Gasteiger partial charge in [-0.1, -0.05) is 6.92 Å². The van der Waals surface area contributed by atoms with Crippen molar-refractivity contribution in [1.82, 2.24) is 0 Å². The molecule has 0 aliphatic heterocycles. The Labute approximate surface area is 54.0 Å². The first-order chi connectivity index (χ1) is 4.18. The maximum absolute atomic E-state index is 10.3. The Hall–Kier alpha value is -0.860. The summed E-state index contributed by atoms with van der Waals surface area (Å²) in [4.78, 5) is 20.5. The molecule has 0 rings (SSSR count).